The Kier molecular flexibility index (Phi) is 6.62. The summed E-state index contributed by atoms with van der Waals surface area (Å²) in [6.07, 6.45) is 4.63. The number of rotatable bonds is 6. The van der Waals surface area contributed by atoms with Gasteiger partial charge in [-0.15, -0.1) is 23.5 Å². The van der Waals surface area contributed by atoms with Gasteiger partial charge in [-0.2, -0.15) is 0 Å². The molecule has 0 N–H and O–H groups in total. The van der Waals surface area contributed by atoms with Gasteiger partial charge in [-0.05, 0) is 44.2 Å². The molecule has 1 aliphatic carbocycles. The fraction of sp³-hybridized carbons (Fsp3) is 0.0667. The van der Waals surface area contributed by atoms with Crippen LogP contribution in [0.2, 0.25) is 0 Å². The zero-order valence-corrected chi connectivity index (χ0v) is 19.4. The van der Waals surface area contributed by atoms with Crippen molar-refractivity contribution in [2.24, 2.45) is 0 Å². The van der Waals surface area contributed by atoms with Crippen LogP contribution < -0.4 is 10.4 Å². The highest BCUT2D eigenvalue weighted by atomic mass is 32.2. The van der Waals surface area contributed by atoms with E-state index in [9.17, 15) is 0 Å². The van der Waals surface area contributed by atoms with Gasteiger partial charge in [0.25, 0.3) is 0 Å². The molecule has 0 radical (unpaired) electrons. The molecule has 4 aromatic rings. The summed E-state index contributed by atoms with van der Waals surface area (Å²) in [5.74, 6) is 1.92. The molecule has 32 heavy (non-hydrogen) atoms. The van der Waals surface area contributed by atoms with Gasteiger partial charge >= 0.3 is 0 Å². The molecule has 0 heterocycles. The highest BCUT2D eigenvalue weighted by Crippen LogP contribution is 2.28. The van der Waals surface area contributed by atoms with E-state index in [-0.39, 0.29) is 0 Å². The van der Waals surface area contributed by atoms with E-state index in [4.69, 9.17) is 0 Å². The molecule has 0 aliphatic heterocycles. The van der Waals surface area contributed by atoms with Crippen LogP contribution >= 0.6 is 23.5 Å². The largest absolute Gasteiger partial charge is 0.121 e. The van der Waals surface area contributed by atoms with Crippen molar-refractivity contribution < 1.29 is 0 Å². The summed E-state index contributed by atoms with van der Waals surface area (Å²) in [4.78, 5) is 2.63. The predicted octanol–water partition coefficient (Wildman–Crippen LogP) is 6.63. The topological polar surface area (TPSA) is 0 Å². The molecule has 0 saturated heterocycles. The molecule has 0 nitrogen and oxygen atoms in total. The van der Waals surface area contributed by atoms with E-state index >= 15 is 0 Å². The van der Waals surface area contributed by atoms with Crippen LogP contribution in [0.3, 0.4) is 0 Å². The van der Waals surface area contributed by atoms with Crippen molar-refractivity contribution in [3.05, 3.63) is 153 Å². The number of hydrogen-bond donors (Lipinski definition) is 0. The maximum Gasteiger partial charge on any atom is 0.0232 e. The minimum atomic E-state index is 0.961. The van der Waals surface area contributed by atoms with Gasteiger partial charge in [0.1, 0.15) is 0 Å². The monoisotopic (exact) mass is 448 g/mol. The molecule has 0 unspecified atom stereocenters. The van der Waals surface area contributed by atoms with Gasteiger partial charge in [-0.1, -0.05) is 109 Å². The fourth-order valence-corrected chi connectivity index (χ4v) is 5.94. The fourth-order valence-electron chi connectivity index (χ4n) is 3.92. The van der Waals surface area contributed by atoms with E-state index in [2.05, 4.69) is 121 Å². The Hall–Kier alpha value is -2.94. The average Bonchev–Trinajstić information content (AvgIpc) is 2.86. The van der Waals surface area contributed by atoms with Crippen LogP contribution in [0.1, 0.15) is 11.1 Å². The summed E-state index contributed by atoms with van der Waals surface area (Å²) in [5, 5.41) is 5.23. The first-order valence-corrected chi connectivity index (χ1v) is 12.8. The first-order valence-electron chi connectivity index (χ1n) is 10.8. The van der Waals surface area contributed by atoms with Crippen LogP contribution in [0.4, 0.5) is 0 Å². The molecule has 0 fully saturated rings. The van der Waals surface area contributed by atoms with Crippen molar-refractivity contribution in [1.82, 2.24) is 0 Å². The quantitative estimate of drug-likeness (QED) is 0.325. The van der Waals surface area contributed by atoms with Crippen molar-refractivity contribution in [1.29, 1.82) is 0 Å². The van der Waals surface area contributed by atoms with Crippen molar-refractivity contribution in [2.45, 2.75) is 11.5 Å². The van der Waals surface area contributed by atoms with Crippen molar-refractivity contribution in [2.75, 3.05) is 0 Å². The summed E-state index contributed by atoms with van der Waals surface area (Å²) < 4.78 is 0. The summed E-state index contributed by atoms with van der Waals surface area (Å²) >= 11 is 3.83. The third-order valence-corrected chi connectivity index (χ3v) is 7.82. The van der Waals surface area contributed by atoms with Crippen LogP contribution in [0.25, 0.3) is 9.81 Å². The van der Waals surface area contributed by atoms with Crippen LogP contribution in [-0.2, 0) is 11.5 Å². The highest BCUT2D eigenvalue weighted by molar-refractivity contribution is 8.08. The third-order valence-electron chi connectivity index (χ3n) is 5.54. The van der Waals surface area contributed by atoms with Crippen molar-refractivity contribution in [3.63, 3.8) is 0 Å². The van der Waals surface area contributed by atoms with Crippen LogP contribution in [0.5, 0.6) is 0 Å². The number of thioether (sulfide) groups is 2. The zero-order valence-electron chi connectivity index (χ0n) is 17.8. The summed E-state index contributed by atoms with van der Waals surface area (Å²) in [5.41, 5.74) is 2.70. The van der Waals surface area contributed by atoms with Crippen LogP contribution in [-0.4, -0.2) is 0 Å². The number of benzene rings is 4. The third kappa shape index (κ3) is 4.77. The first-order chi connectivity index (χ1) is 15.9. The van der Waals surface area contributed by atoms with Gasteiger partial charge in [-0.3, -0.25) is 0 Å². The standard InChI is InChI=1S/C30H24S2/c1-3-11-23(12-4-1)21-31-29-19-20-30(32-22-24-13-5-2-6-14-24)28-18-10-8-16-26(28)25-15-7-9-17-27(25)29/h1-20H,21-22H2/b20-19-,26-25-,29-19?,29-27+,30-20?,30-28+. The second-order valence-corrected chi connectivity index (χ2v) is 9.74. The molecule has 4 aromatic carbocycles. The molecular formula is C30H24S2. The molecular weight excluding hydrogens is 424 g/mol. The Bertz CT molecular complexity index is 1340. The van der Waals surface area contributed by atoms with E-state index in [0.29, 0.717) is 0 Å². The molecule has 2 heteroatoms. The predicted molar refractivity (Wildman–Crippen MR) is 141 cm³/mol. The van der Waals surface area contributed by atoms with Crippen LogP contribution in [0, 0.1) is 10.4 Å². The summed E-state index contributed by atoms with van der Waals surface area (Å²) in [6.45, 7) is 0. The smallest absolute Gasteiger partial charge is 0.0232 e. The molecule has 0 amide bonds. The Morgan fingerprint density at radius 1 is 0.375 bits per heavy atom. The minimum Gasteiger partial charge on any atom is -0.121 e. The summed E-state index contributed by atoms with van der Waals surface area (Å²) in [6, 6.07) is 39.1. The minimum absolute atomic E-state index is 0.961. The van der Waals surface area contributed by atoms with Crippen molar-refractivity contribution >= 4 is 33.3 Å². The summed E-state index contributed by atoms with van der Waals surface area (Å²) in [7, 11) is 0. The van der Waals surface area contributed by atoms with Gasteiger partial charge < -0.3 is 0 Å². The molecule has 156 valence electrons. The highest BCUT2D eigenvalue weighted by Gasteiger charge is 2.06. The lowest BCUT2D eigenvalue weighted by Crippen LogP contribution is -2.14. The SMILES string of the molecule is C1=C\C(SCc2ccccc2)=c2\cccc\c2=c2/cccc/c2=C/1SCc1ccccc1. The van der Waals surface area contributed by atoms with Gasteiger partial charge in [0.15, 0.2) is 0 Å². The van der Waals surface area contributed by atoms with Gasteiger partial charge in [-0.25, -0.2) is 0 Å². The first kappa shape index (κ1) is 20.9. The molecule has 0 aromatic heterocycles. The number of fused-ring (bicyclic) bond motifs is 2. The Morgan fingerprint density at radius 3 is 1.12 bits per heavy atom. The van der Waals surface area contributed by atoms with Gasteiger partial charge in [0, 0.05) is 21.3 Å². The lowest BCUT2D eigenvalue weighted by atomic mass is 10.1. The Labute approximate surface area is 197 Å². The molecule has 0 bridgehead atoms. The van der Waals surface area contributed by atoms with E-state index < -0.39 is 0 Å². The zero-order chi connectivity index (χ0) is 21.6. The molecule has 5 rings (SSSR count). The lowest BCUT2D eigenvalue weighted by Gasteiger charge is -2.10. The Balaban J connectivity index is 1.64. The average molecular weight is 449 g/mol. The number of hydrogen-bond acceptors (Lipinski definition) is 2. The Morgan fingerprint density at radius 2 is 0.719 bits per heavy atom. The normalized spacial score (nSPS) is 18.1. The maximum atomic E-state index is 2.32. The van der Waals surface area contributed by atoms with E-state index in [1.54, 1.807) is 0 Å². The van der Waals surface area contributed by atoms with E-state index in [0.717, 1.165) is 11.5 Å². The second-order valence-electron chi connectivity index (χ2n) is 7.70. The lowest BCUT2D eigenvalue weighted by molar-refractivity contribution is 1.39. The molecule has 1 aliphatic rings. The molecule has 0 spiro atoms. The van der Waals surface area contributed by atoms with E-state index in [1.807, 2.05) is 23.5 Å². The van der Waals surface area contributed by atoms with Gasteiger partial charge in [0.2, 0.25) is 0 Å². The van der Waals surface area contributed by atoms with E-state index in [1.165, 1.54) is 41.8 Å². The van der Waals surface area contributed by atoms with Crippen molar-refractivity contribution in [3.8, 4) is 0 Å². The molecule has 0 atom stereocenters. The second kappa shape index (κ2) is 10.1. The molecule has 0 saturated carbocycles. The van der Waals surface area contributed by atoms with Gasteiger partial charge in [0.05, 0.1) is 0 Å². The maximum absolute atomic E-state index is 2.32. The van der Waals surface area contributed by atoms with Crippen LogP contribution in [0.15, 0.2) is 121 Å².